The van der Waals surface area contributed by atoms with Crippen LogP contribution in [-0.2, 0) is 20.9 Å². The third kappa shape index (κ3) is 2.95. The van der Waals surface area contributed by atoms with Crippen molar-refractivity contribution < 1.29 is 19.1 Å². The lowest BCUT2D eigenvalue weighted by Crippen LogP contribution is -2.41. The van der Waals surface area contributed by atoms with E-state index in [1.54, 1.807) is 13.8 Å². The molecule has 0 radical (unpaired) electrons. The number of rotatable bonds is 4. The molecule has 0 saturated carbocycles. The fraction of sp³-hybridized carbons (Fsp3) is 0.278. The van der Waals surface area contributed by atoms with Gasteiger partial charge in [-0.1, -0.05) is 42.5 Å². The highest BCUT2D eigenvalue weighted by molar-refractivity contribution is 6.08. The zero-order valence-electron chi connectivity index (χ0n) is 13.5. The molecule has 1 aliphatic heterocycles. The lowest BCUT2D eigenvalue weighted by Gasteiger charge is -2.15. The molecule has 0 bridgehead atoms. The Hall–Kier alpha value is -2.89. The molecule has 2 aromatic carbocycles. The summed E-state index contributed by atoms with van der Waals surface area (Å²) in [6.45, 7) is 2.88. The number of imide groups is 1. The van der Waals surface area contributed by atoms with E-state index in [1.807, 2.05) is 42.5 Å². The van der Waals surface area contributed by atoms with Crippen molar-refractivity contribution >= 4 is 28.7 Å². The molecule has 0 aliphatic carbocycles. The highest BCUT2D eigenvalue weighted by Gasteiger charge is 2.45. The Labute approximate surface area is 139 Å². The summed E-state index contributed by atoms with van der Waals surface area (Å²) >= 11 is 0. The number of amides is 3. The van der Waals surface area contributed by atoms with E-state index in [0.717, 1.165) is 21.2 Å². The van der Waals surface area contributed by atoms with Crippen molar-refractivity contribution in [2.24, 2.45) is 0 Å². The summed E-state index contributed by atoms with van der Waals surface area (Å²) in [5, 5.41) is 4.59. The van der Waals surface area contributed by atoms with Gasteiger partial charge in [0, 0.05) is 0 Å². The second-order valence-electron chi connectivity index (χ2n) is 6.25. The topological polar surface area (TPSA) is 75.7 Å². The van der Waals surface area contributed by atoms with Crippen molar-refractivity contribution in [1.29, 1.82) is 0 Å². The number of nitrogens with zero attached hydrogens (tertiary/aromatic N) is 1. The number of benzene rings is 2. The molecule has 0 atom stereocenters. The number of ether oxygens (including phenoxy) is 1. The number of nitrogens with one attached hydrogen (secondary N) is 1. The lowest BCUT2D eigenvalue weighted by atomic mass is 10.1. The molecule has 24 heavy (non-hydrogen) atoms. The molecule has 1 N–H and O–H groups in total. The van der Waals surface area contributed by atoms with Gasteiger partial charge in [0.05, 0.1) is 0 Å². The SMILES string of the molecule is CC1(C)NC(=O)N(CC(=O)OCc2cccc3ccccc23)C1=O. The van der Waals surface area contributed by atoms with Gasteiger partial charge in [0.25, 0.3) is 5.91 Å². The lowest BCUT2D eigenvalue weighted by molar-refractivity contribution is -0.148. The van der Waals surface area contributed by atoms with Crippen LogP contribution in [0.2, 0.25) is 0 Å². The molecular formula is C18H18N2O4. The summed E-state index contributed by atoms with van der Waals surface area (Å²) in [5.74, 6) is -1.06. The van der Waals surface area contributed by atoms with E-state index < -0.39 is 30.0 Å². The Kier molecular flexibility index (Phi) is 3.97. The second kappa shape index (κ2) is 5.96. The van der Waals surface area contributed by atoms with E-state index in [-0.39, 0.29) is 6.61 Å². The van der Waals surface area contributed by atoms with E-state index in [4.69, 9.17) is 4.74 Å². The summed E-state index contributed by atoms with van der Waals surface area (Å²) < 4.78 is 5.25. The summed E-state index contributed by atoms with van der Waals surface area (Å²) in [6.07, 6.45) is 0. The molecule has 124 valence electrons. The normalized spacial score (nSPS) is 16.3. The average molecular weight is 326 g/mol. The van der Waals surface area contributed by atoms with Gasteiger partial charge in [-0.05, 0) is 30.2 Å². The fourth-order valence-electron chi connectivity index (χ4n) is 2.71. The van der Waals surface area contributed by atoms with Crippen molar-refractivity contribution in [1.82, 2.24) is 10.2 Å². The summed E-state index contributed by atoms with van der Waals surface area (Å²) in [4.78, 5) is 36.7. The van der Waals surface area contributed by atoms with Crippen LogP contribution in [-0.4, -0.2) is 34.9 Å². The number of fused-ring (bicyclic) bond motifs is 1. The van der Waals surface area contributed by atoms with Gasteiger partial charge < -0.3 is 10.1 Å². The average Bonchev–Trinajstić information content (AvgIpc) is 2.74. The smallest absolute Gasteiger partial charge is 0.326 e. The van der Waals surface area contributed by atoms with Gasteiger partial charge in [-0.15, -0.1) is 0 Å². The van der Waals surface area contributed by atoms with Crippen molar-refractivity contribution in [2.75, 3.05) is 6.54 Å². The maximum absolute atomic E-state index is 12.1. The van der Waals surface area contributed by atoms with Gasteiger partial charge >= 0.3 is 12.0 Å². The maximum Gasteiger partial charge on any atom is 0.326 e. The predicted molar refractivity (Wildman–Crippen MR) is 88.1 cm³/mol. The first-order chi connectivity index (χ1) is 11.4. The van der Waals surface area contributed by atoms with Gasteiger partial charge in [-0.25, -0.2) is 4.79 Å². The fourth-order valence-corrected chi connectivity index (χ4v) is 2.71. The summed E-state index contributed by atoms with van der Waals surface area (Å²) in [5.41, 5.74) is -0.119. The van der Waals surface area contributed by atoms with Crippen LogP contribution in [0.15, 0.2) is 42.5 Å². The van der Waals surface area contributed by atoms with Crippen molar-refractivity contribution in [3.8, 4) is 0 Å². The largest absolute Gasteiger partial charge is 0.459 e. The van der Waals surface area contributed by atoms with E-state index in [2.05, 4.69) is 5.32 Å². The van der Waals surface area contributed by atoms with Gasteiger partial charge in [-0.3, -0.25) is 14.5 Å². The molecule has 3 amide bonds. The Bertz CT molecular complexity index is 823. The quantitative estimate of drug-likeness (QED) is 0.690. The van der Waals surface area contributed by atoms with Crippen LogP contribution in [0.3, 0.4) is 0 Å². The van der Waals surface area contributed by atoms with Crippen molar-refractivity contribution in [2.45, 2.75) is 26.0 Å². The Balaban J connectivity index is 1.66. The molecule has 1 aliphatic rings. The highest BCUT2D eigenvalue weighted by atomic mass is 16.5. The predicted octanol–water partition coefficient (Wildman–Crippen LogP) is 2.21. The number of carbonyl (C=O) groups excluding carboxylic acids is 3. The van der Waals surface area contributed by atoms with Crippen LogP contribution >= 0.6 is 0 Å². The van der Waals surface area contributed by atoms with Crippen molar-refractivity contribution in [3.63, 3.8) is 0 Å². The monoisotopic (exact) mass is 326 g/mol. The molecule has 2 aromatic rings. The Morgan fingerprint density at radius 1 is 1.12 bits per heavy atom. The summed E-state index contributed by atoms with van der Waals surface area (Å²) in [7, 11) is 0. The second-order valence-corrected chi connectivity index (χ2v) is 6.25. The Morgan fingerprint density at radius 2 is 1.83 bits per heavy atom. The molecular weight excluding hydrogens is 308 g/mol. The van der Waals surface area contributed by atoms with Crippen LogP contribution in [0.25, 0.3) is 10.8 Å². The first kappa shape index (κ1) is 16.0. The van der Waals surface area contributed by atoms with Gasteiger partial charge in [0.15, 0.2) is 0 Å². The van der Waals surface area contributed by atoms with Crippen LogP contribution in [0.1, 0.15) is 19.4 Å². The van der Waals surface area contributed by atoms with Crippen LogP contribution in [0.5, 0.6) is 0 Å². The molecule has 1 heterocycles. The molecule has 0 unspecified atom stereocenters. The number of carbonyl (C=O) groups is 3. The van der Waals surface area contributed by atoms with Crippen molar-refractivity contribution in [3.05, 3.63) is 48.0 Å². The molecule has 3 rings (SSSR count). The number of hydrogen-bond donors (Lipinski definition) is 1. The minimum absolute atomic E-state index is 0.0905. The first-order valence-electron chi connectivity index (χ1n) is 7.65. The Morgan fingerprint density at radius 3 is 2.54 bits per heavy atom. The first-order valence-corrected chi connectivity index (χ1v) is 7.65. The number of hydrogen-bond acceptors (Lipinski definition) is 4. The van der Waals surface area contributed by atoms with Gasteiger partial charge in [-0.2, -0.15) is 0 Å². The van der Waals surface area contributed by atoms with Gasteiger partial charge in [0.2, 0.25) is 0 Å². The van der Waals surface area contributed by atoms with Crippen LogP contribution in [0, 0.1) is 0 Å². The summed E-state index contributed by atoms with van der Waals surface area (Å²) in [6, 6.07) is 13.0. The molecule has 0 spiro atoms. The molecule has 6 nitrogen and oxygen atoms in total. The maximum atomic E-state index is 12.1. The van der Waals surface area contributed by atoms with E-state index >= 15 is 0 Å². The number of esters is 1. The highest BCUT2D eigenvalue weighted by Crippen LogP contribution is 2.20. The third-order valence-electron chi connectivity index (χ3n) is 4.00. The minimum atomic E-state index is -0.993. The van der Waals surface area contributed by atoms with Gasteiger partial charge in [0.1, 0.15) is 18.7 Å². The van der Waals surface area contributed by atoms with E-state index in [1.165, 1.54) is 0 Å². The standard InChI is InChI=1S/C18H18N2O4/c1-18(2)16(22)20(17(23)19-18)10-15(21)24-11-13-8-5-7-12-6-3-4-9-14(12)13/h3-9H,10-11H2,1-2H3,(H,19,23). The minimum Gasteiger partial charge on any atom is -0.459 e. The third-order valence-corrected chi connectivity index (χ3v) is 4.00. The molecule has 0 aromatic heterocycles. The van der Waals surface area contributed by atoms with E-state index in [0.29, 0.717) is 0 Å². The van der Waals surface area contributed by atoms with E-state index in [9.17, 15) is 14.4 Å². The zero-order chi connectivity index (χ0) is 17.3. The number of urea groups is 1. The molecule has 1 fully saturated rings. The van der Waals surface area contributed by atoms with Crippen LogP contribution in [0.4, 0.5) is 4.79 Å². The molecule has 1 saturated heterocycles. The molecule has 6 heteroatoms. The van der Waals surface area contributed by atoms with Crippen LogP contribution < -0.4 is 5.32 Å². The zero-order valence-corrected chi connectivity index (χ0v) is 13.5.